The third-order valence-electron chi connectivity index (χ3n) is 3.41. The minimum absolute atomic E-state index is 0.0986. The molecule has 2 unspecified atom stereocenters. The lowest BCUT2D eigenvalue weighted by atomic mass is 10.0. The second kappa shape index (κ2) is 7.14. The molecule has 2 rings (SSSR count). The van der Waals surface area contributed by atoms with E-state index in [1.807, 2.05) is 24.3 Å². The fraction of sp³-hybridized carbons (Fsp3) is 0.533. The van der Waals surface area contributed by atoms with E-state index in [1.165, 1.54) is 0 Å². The Kier molecular flexibility index (Phi) is 5.24. The molecule has 5 heteroatoms. The first-order chi connectivity index (χ1) is 9.67. The summed E-state index contributed by atoms with van der Waals surface area (Å²) in [5, 5.41) is 3.50. The van der Waals surface area contributed by atoms with E-state index in [2.05, 4.69) is 12.2 Å². The lowest BCUT2D eigenvalue weighted by Crippen LogP contribution is -2.33. The van der Waals surface area contributed by atoms with Crippen molar-refractivity contribution in [2.45, 2.75) is 38.3 Å². The Bertz CT molecular complexity index is 450. The molecule has 1 aliphatic heterocycles. The van der Waals surface area contributed by atoms with Crippen LogP contribution in [0.5, 0.6) is 5.75 Å². The van der Waals surface area contributed by atoms with Crippen LogP contribution in [0.4, 0.5) is 5.69 Å². The van der Waals surface area contributed by atoms with Crippen LogP contribution in [0.2, 0.25) is 0 Å². The summed E-state index contributed by atoms with van der Waals surface area (Å²) < 4.78 is 11.0. The van der Waals surface area contributed by atoms with Gasteiger partial charge in [-0.15, -0.1) is 0 Å². The molecule has 0 radical (unpaired) electrons. The molecule has 0 aromatic heterocycles. The molecule has 1 aromatic rings. The van der Waals surface area contributed by atoms with Gasteiger partial charge in [0.2, 0.25) is 0 Å². The van der Waals surface area contributed by atoms with E-state index in [1.54, 1.807) is 0 Å². The molecule has 1 aromatic carbocycles. The van der Waals surface area contributed by atoms with E-state index in [4.69, 9.17) is 15.2 Å². The highest BCUT2D eigenvalue weighted by Crippen LogP contribution is 2.23. The number of benzene rings is 1. The number of rotatable bonds is 6. The van der Waals surface area contributed by atoms with Crippen molar-refractivity contribution in [2.75, 3.05) is 18.5 Å². The molecule has 0 bridgehead atoms. The van der Waals surface area contributed by atoms with Gasteiger partial charge in [0.1, 0.15) is 5.75 Å². The summed E-state index contributed by atoms with van der Waals surface area (Å²) in [4.78, 5) is 10.7. The third kappa shape index (κ3) is 4.42. The summed E-state index contributed by atoms with van der Waals surface area (Å²) >= 11 is 0. The van der Waals surface area contributed by atoms with Crippen LogP contribution in [0.25, 0.3) is 0 Å². The molecule has 20 heavy (non-hydrogen) atoms. The van der Waals surface area contributed by atoms with Crippen LogP contribution in [0.3, 0.4) is 0 Å². The smallest absolute Gasteiger partial charge is 0.255 e. The van der Waals surface area contributed by atoms with Crippen LogP contribution in [0, 0.1) is 0 Å². The molecule has 110 valence electrons. The summed E-state index contributed by atoms with van der Waals surface area (Å²) in [6, 6.07) is 8.01. The molecule has 0 saturated carbocycles. The molecule has 1 fully saturated rings. The number of carbonyl (C=O) groups is 1. The maximum absolute atomic E-state index is 10.7. The Hall–Kier alpha value is -1.75. The van der Waals surface area contributed by atoms with Crippen molar-refractivity contribution in [1.82, 2.24) is 0 Å². The summed E-state index contributed by atoms with van der Waals surface area (Å²) in [6.45, 7) is 2.85. The Morgan fingerprint density at radius 2 is 2.40 bits per heavy atom. The van der Waals surface area contributed by atoms with Crippen molar-refractivity contribution in [3.63, 3.8) is 0 Å². The van der Waals surface area contributed by atoms with Gasteiger partial charge in [0.15, 0.2) is 6.61 Å². The Morgan fingerprint density at radius 1 is 1.55 bits per heavy atom. The van der Waals surface area contributed by atoms with E-state index in [9.17, 15) is 4.79 Å². The van der Waals surface area contributed by atoms with Crippen LogP contribution < -0.4 is 15.8 Å². The number of nitrogens with two attached hydrogens (primary N) is 1. The quantitative estimate of drug-likeness (QED) is 0.833. The fourth-order valence-electron chi connectivity index (χ4n) is 2.36. The fourth-order valence-corrected chi connectivity index (χ4v) is 2.36. The van der Waals surface area contributed by atoms with Gasteiger partial charge in [-0.25, -0.2) is 0 Å². The number of hydrogen-bond acceptors (Lipinski definition) is 4. The molecule has 3 N–H and O–H groups in total. The molecule has 1 saturated heterocycles. The largest absolute Gasteiger partial charge is 0.484 e. The van der Waals surface area contributed by atoms with Gasteiger partial charge >= 0.3 is 0 Å². The van der Waals surface area contributed by atoms with Crippen molar-refractivity contribution >= 4 is 11.6 Å². The van der Waals surface area contributed by atoms with E-state index < -0.39 is 5.91 Å². The summed E-state index contributed by atoms with van der Waals surface area (Å²) in [5.74, 6) is 0.173. The van der Waals surface area contributed by atoms with Gasteiger partial charge in [0.25, 0.3) is 5.91 Å². The van der Waals surface area contributed by atoms with E-state index in [0.717, 1.165) is 31.6 Å². The molecule has 5 nitrogen and oxygen atoms in total. The zero-order chi connectivity index (χ0) is 14.4. The zero-order valence-corrected chi connectivity index (χ0v) is 11.8. The first-order valence-corrected chi connectivity index (χ1v) is 7.06. The lowest BCUT2D eigenvalue weighted by molar-refractivity contribution is -0.119. The lowest BCUT2D eigenvalue weighted by Gasteiger charge is -2.30. The monoisotopic (exact) mass is 278 g/mol. The third-order valence-corrected chi connectivity index (χ3v) is 3.41. The van der Waals surface area contributed by atoms with Crippen LogP contribution in [0.1, 0.15) is 26.2 Å². The van der Waals surface area contributed by atoms with Crippen molar-refractivity contribution in [3.8, 4) is 5.75 Å². The summed E-state index contributed by atoms with van der Waals surface area (Å²) in [6.07, 6.45) is 3.40. The maximum atomic E-state index is 10.7. The topological polar surface area (TPSA) is 73.6 Å². The number of carbonyl (C=O) groups excluding carboxylic acids is 1. The Balaban J connectivity index is 1.91. The minimum Gasteiger partial charge on any atom is -0.484 e. The van der Waals surface area contributed by atoms with Crippen molar-refractivity contribution in [3.05, 3.63) is 24.3 Å². The van der Waals surface area contributed by atoms with Gasteiger partial charge in [-0.1, -0.05) is 13.0 Å². The van der Waals surface area contributed by atoms with Crippen LogP contribution in [-0.4, -0.2) is 31.3 Å². The first kappa shape index (κ1) is 14.7. The minimum atomic E-state index is -0.474. The average Bonchev–Trinajstić information content (AvgIpc) is 2.46. The predicted molar refractivity (Wildman–Crippen MR) is 77.8 cm³/mol. The molecule has 1 amide bonds. The highest BCUT2D eigenvalue weighted by Gasteiger charge is 2.21. The van der Waals surface area contributed by atoms with E-state index in [0.29, 0.717) is 17.9 Å². The Labute approximate surface area is 119 Å². The second-order valence-electron chi connectivity index (χ2n) is 5.05. The normalized spacial score (nSPS) is 22.2. The maximum Gasteiger partial charge on any atom is 0.255 e. The number of anilines is 1. The van der Waals surface area contributed by atoms with E-state index in [-0.39, 0.29) is 6.61 Å². The zero-order valence-electron chi connectivity index (χ0n) is 11.8. The highest BCUT2D eigenvalue weighted by atomic mass is 16.5. The average molecular weight is 278 g/mol. The summed E-state index contributed by atoms with van der Waals surface area (Å²) in [5.41, 5.74) is 6.06. The van der Waals surface area contributed by atoms with Crippen LogP contribution in [0.15, 0.2) is 24.3 Å². The van der Waals surface area contributed by atoms with Gasteiger partial charge in [-0.3, -0.25) is 4.79 Å². The first-order valence-electron chi connectivity index (χ1n) is 7.06. The number of amides is 1. The van der Waals surface area contributed by atoms with Gasteiger partial charge in [-0.05, 0) is 31.4 Å². The summed E-state index contributed by atoms with van der Waals surface area (Å²) in [7, 11) is 0. The van der Waals surface area contributed by atoms with Crippen LogP contribution in [-0.2, 0) is 9.53 Å². The highest BCUT2D eigenvalue weighted by molar-refractivity contribution is 5.75. The molecule has 0 spiro atoms. The molecular formula is C15H22N2O3. The van der Waals surface area contributed by atoms with Crippen LogP contribution >= 0.6 is 0 Å². The van der Waals surface area contributed by atoms with Gasteiger partial charge < -0.3 is 20.5 Å². The number of ether oxygens (including phenoxy) is 2. The molecule has 1 aliphatic rings. The van der Waals surface area contributed by atoms with Gasteiger partial charge in [-0.2, -0.15) is 0 Å². The second-order valence-corrected chi connectivity index (χ2v) is 5.05. The van der Waals surface area contributed by atoms with Gasteiger partial charge in [0, 0.05) is 24.4 Å². The number of hydrogen-bond donors (Lipinski definition) is 2. The molecule has 0 aliphatic carbocycles. The predicted octanol–water partition coefficient (Wildman–Crippen LogP) is 1.92. The Morgan fingerprint density at radius 3 is 3.15 bits per heavy atom. The van der Waals surface area contributed by atoms with Crippen molar-refractivity contribution < 1.29 is 14.3 Å². The van der Waals surface area contributed by atoms with Gasteiger partial charge in [0.05, 0.1) is 6.10 Å². The number of nitrogens with one attached hydrogen (secondary N) is 1. The molecular weight excluding hydrogens is 256 g/mol. The number of primary amides is 1. The van der Waals surface area contributed by atoms with E-state index >= 15 is 0 Å². The van der Waals surface area contributed by atoms with Crippen molar-refractivity contribution in [1.29, 1.82) is 0 Å². The molecule has 2 atom stereocenters. The standard InChI is InChI=1S/C15H22N2O3/c1-2-13-8-12(6-7-19-13)17-11-4-3-5-14(9-11)20-10-15(16)18/h3-5,9,12-13,17H,2,6-8,10H2,1H3,(H2,16,18). The molecule has 1 heterocycles. The SMILES string of the molecule is CCC1CC(Nc2cccc(OCC(N)=O)c2)CCO1. The van der Waals surface area contributed by atoms with Crippen molar-refractivity contribution in [2.24, 2.45) is 5.73 Å².